The number of ether oxygens (including phenoxy) is 1. The molecule has 1 aromatic rings. The minimum Gasteiger partial charge on any atom is -0.487 e. The molecule has 0 bridgehead atoms. The molecule has 1 heterocycles. The predicted octanol–water partition coefficient (Wildman–Crippen LogP) is 2.78. The fourth-order valence-electron chi connectivity index (χ4n) is 2.12. The molecule has 19 heavy (non-hydrogen) atoms. The molecule has 0 spiro atoms. The van der Waals surface area contributed by atoms with Gasteiger partial charge in [0.15, 0.2) is 5.75 Å². The van der Waals surface area contributed by atoms with Gasteiger partial charge in [-0.2, -0.15) is 0 Å². The first-order valence-corrected chi connectivity index (χ1v) is 7.48. The van der Waals surface area contributed by atoms with Crippen LogP contribution in [-0.2, 0) is 6.54 Å². The second-order valence-corrected chi connectivity index (χ2v) is 6.02. The minimum absolute atomic E-state index is 0.359. The summed E-state index contributed by atoms with van der Waals surface area (Å²) in [5.41, 5.74) is 1.03. The molecule has 2 aliphatic carbocycles. The van der Waals surface area contributed by atoms with Gasteiger partial charge in [-0.05, 0) is 32.1 Å². The van der Waals surface area contributed by atoms with E-state index >= 15 is 0 Å². The Hall–Kier alpha value is -1.16. The first-order valence-electron chi connectivity index (χ1n) is 7.48. The van der Waals surface area contributed by atoms with Crippen molar-refractivity contribution < 1.29 is 4.74 Å². The van der Waals surface area contributed by atoms with Crippen molar-refractivity contribution in [2.24, 2.45) is 0 Å². The number of aromatic nitrogens is 2. The van der Waals surface area contributed by atoms with Crippen LogP contribution >= 0.6 is 0 Å². The molecule has 2 aliphatic rings. The summed E-state index contributed by atoms with van der Waals surface area (Å²) in [5, 5.41) is 3.52. The lowest BCUT2D eigenvalue weighted by atomic mass is 9.96. The Balaban J connectivity index is 1.74. The molecule has 2 fully saturated rings. The number of nitrogens with zero attached hydrogens (tertiary/aromatic N) is 2. The van der Waals surface area contributed by atoms with E-state index in [2.05, 4.69) is 29.1 Å². The van der Waals surface area contributed by atoms with Crippen LogP contribution in [-0.4, -0.2) is 22.1 Å². The lowest BCUT2D eigenvalue weighted by Crippen LogP contribution is -2.26. The molecule has 3 rings (SSSR count). The van der Waals surface area contributed by atoms with Gasteiger partial charge in [-0.1, -0.05) is 13.8 Å². The lowest BCUT2D eigenvalue weighted by Gasteiger charge is -2.27. The van der Waals surface area contributed by atoms with E-state index in [9.17, 15) is 0 Å². The molecule has 0 aromatic carbocycles. The molecule has 1 N–H and O–H groups in total. The van der Waals surface area contributed by atoms with Gasteiger partial charge >= 0.3 is 0 Å². The van der Waals surface area contributed by atoms with E-state index < -0.39 is 0 Å². The maximum Gasteiger partial charge on any atom is 0.160 e. The Morgan fingerprint density at radius 3 is 2.68 bits per heavy atom. The molecule has 104 valence electrons. The number of nitrogens with one attached hydrogen (secondary N) is 1. The monoisotopic (exact) mass is 261 g/mol. The van der Waals surface area contributed by atoms with E-state index in [0.29, 0.717) is 18.1 Å². The van der Waals surface area contributed by atoms with Crippen LogP contribution in [0.1, 0.15) is 63.4 Å². The topological polar surface area (TPSA) is 47.0 Å². The Morgan fingerprint density at radius 1 is 1.32 bits per heavy atom. The first-order chi connectivity index (χ1) is 9.22. The van der Waals surface area contributed by atoms with Crippen LogP contribution in [0.3, 0.4) is 0 Å². The van der Waals surface area contributed by atoms with Crippen molar-refractivity contribution in [1.82, 2.24) is 15.3 Å². The zero-order valence-corrected chi connectivity index (χ0v) is 11.9. The molecular weight excluding hydrogens is 238 g/mol. The van der Waals surface area contributed by atoms with Gasteiger partial charge in [0.1, 0.15) is 5.82 Å². The SMILES string of the molecule is CC(C)c1ncc(OC2CCC2)c(CNC2CC2)n1. The van der Waals surface area contributed by atoms with Gasteiger partial charge in [0.2, 0.25) is 0 Å². The van der Waals surface area contributed by atoms with Crippen LogP contribution in [0.25, 0.3) is 0 Å². The largest absolute Gasteiger partial charge is 0.487 e. The molecular formula is C15H23N3O. The highest BCUT2D eigenvalue weighted by Crippen LogP contribution is 2.28. The predicted molar refractivity (Wildman–Crippen MR) is 74.2 cm³/mol. The van der Waals surface area contributed by atoms with Crippen molar-refractivity contribution in [3.8, 4) is 5.75 Å². The molecule has 4 nitrogen and oxygen atoms in total. The van der Waals surface area contributed by atoms with Crippen molar-refractivity contribution in [2.75, 3.05) is 0 Å². The zero-order chi connectivity index (χ0) is 13.2. The summed E-state index contributed by atoms with van der Waals surface area (Å²) >= 11 is 0. The summed E-state index contributed by atoms with van der Waals surface area (Å²) in [5.74, 6) is 2.15. The van der Waals surface area contributed by atoms with Gasteiger partial charge in [-0.3, -0.25) is 0 Å². The maximum atomic E-state index is 6.00. The second-order valence-electron chi connectivity index (χ2n) is 6.02. The fourth-order valence-corrected chi connectivity index (χ4v) is 2.12. The van der Waals surface area contributed by atoms with Crippen LogP contribution < -0.4 is 10.1 Å². The molecule has 0 aliphatic heterocycles. The molecule has 0 amide bonds. The summed E-state index contributed by atoms with van der Waals surface area (Å²) < 4.78 is 6.00. The van der Waals surface area contributed by atoms with Crippen LogP contribution in [0.15, 0.2) is 6.20 Å². The molecule has 2 saturated carbocycles. The van der Waals surface area contributed by atoms with Crippen molar-refractivity contribution in [3.05, 3.63) is 17.7 Å². The summed E-state index contributed by atoms with van der Waals surface area (Å²) in [6, 6.07) is 0.689. The summed E-state index contributed by atoms with van der Waals surface area (Å²) in [7, 11) is 0. The van der Waals surface area contributed by atoms with Gasteiger partial charge in [0.05, 0.1) is 18.0 Å². The third kappa shape index (κ3) is 3.24. The van der Waals surface area contributed by atoms with Gasteiger partial charge in [-0.15, -0.1) is 0 Å². The van der Waals surface area contributed by atoms with Gasteiger partial charge in [0, 0.05) is 18.5 Å². The van der Waals surface area contributed by atoms with E-state index in [0.717, 1.165) is 23.8 Å². The molecule has 0 atom stereocenters. The summed E-state index contributed by atoms with van der Waals surface area (Å²) in [6.07, 6.45) is 8.45. The number of rotatable bonds is 6. The summed E-state index contributed by atoms with van der Waals surface area (Å²) in [6.45, 7) is 5.05. The Morgan fingerprint density at radius 2 is 2.11 bits per heavy atom. The third-order valence-electron chi connectivity index (χ3n) is 3.85. The molecule has 4 heteroatoms. The molecule has 0 unspecified atom stereocenters. The lowest BCUT2D eigenvalue weighted by molar-refractivity contribution is 0.117. The van der Waals surface area contributed by atoms with Gasteiger partial charge in [-0.25, -0.2) is 9.97 Å². The van der Waals surface area contributed by atoms with Crippen LogP contribution in [0.5, 0.6) is 5.75 Å². The second kappa shape index (κ2) is 5.45. The van der Waals surface area contributed by atoms with Crippen molar-refractivity contribution in [2.45, 2.75) is 70.6 Å². The summed E-state index contributed by atoms with van der Waals surface area (Å²) in [4.78, 5) is 9.11. The molecule has 1 aromatic heterocycles. The number of hydrogen-bond acceptors (Lipinski definition) is 4. The van der Waals surface area contributed by atoms with Crippen LogP contribution in [0, 0.1) is 0 Å². The highest BCUT2D eigenvalue weighted by molar-refractivity contribution is 5.26. The first kappa shape index (κ1) is 12.9. The maximum absolute atomic E-state index is 6.00. The Bertz CT molecular complexity index is 439. The van der Waals surface area contributed by atoms with Crippen LogP contribution in [0.4, 0.5) is 0 Å². The highest BCUT2D eigenvalue weighted by Gasteiger charge is 2.24. The fraction of sp³-hybridized carbons (Fsp3) is 0.733. The standard InChI is InChI=1S/C15H23N3O/c1-10(2)15-17-9-14(19-12-4-3-5-12)13(18-15)8-16-11-6-7-11/h9-12,16H,3-8H2,1-2H3. The van der Waals surface area contributed by atoms with E-state index in [1.165, 1.54) is 32.1 Å². The Kier molecular flexibility index (Phi) is 3.69. The minimum atomic E-state index is 0.359. The number of hydrogen-bond donors (Lipinski definition) is 1. The normalized spacial score (nSPS) is 19.5. The van der Waals surface area contributed by atoms with Crippen molar-refractivity contribution >= 4 is 0 Å². The molecule has 0 saturated heterocycles. The average Bonchev–Trinajstić information content (AvgIpc) is 3.15. The van der Waals surface area contributed by atoms with Crippen molar-refractivity contribution in [3.63, 3.8) is 0 Å². The average molecular weight is 261 g/mol. The van der Waals surface area contributed by atoms with E-state index in [-0.39, 0.29) is 0 Å². The smallest absolute Gasteiger partial charge is 0.160 e. The van der Waals surface area contributed by atoms with Crippen molar-refractivity contribution in [1.29, 1.82) is 0 Å². The Labute approximate surface area is 115 Å². The van der Waals surface area contributed by atoms with E-state index in [1.807, 2.05) is 6.20 Å². The third-order valence-corrected chi connectivity index (χ3v) is 3.85. The van der Waals surface area contributed by atoms with E-state index in [4.69, 9.17) is 4.74 Å². The van der Waals surface area contributed by atoms with E-state index in [1.54, 1.807) is 0 Å². The van der Waals surface area contributed by atoms with Crippen LogP contribution in [0.2, 0.25) is 0 Å². The zero-order valence-electron chi connectivity index (χ0n) is 11.9. The van der Waals surface area contributed by atoms with Gasteiger partial charge < -0.3 is 10.1 Å². The quantitative estimate of drug-likeness (QED) is 0.855. The molecule has 0 radical (unpaired) electrons. The van der Waals surface area contributed by atoms with Gasteiger partial charge in [0.25, 0.3) is 0 Å². The highest BCUT2D eigenvalue weighted by atomic mass is 16.5.